The maximum Gasteiger partial charge on any atom is 0.240 e. The molecule has 0 aliphatic carbocycles. The summed E-state index contributed by atoms with van der Waals surface area (Å²) in [4.78, 5) is 14.0. The van der Waals surface area contributed by atoms with Crippen molar-refractivity contribution < 1.29 is 9.53 Å². The molecule has 0 aliphatic rings. The van der Waals surface area contributed by atoms with Crippen LogP contribution in [0.5, 0.6) is 0 Å². The number of benzene rings is 1. The number of amides is 1. The van der Waals surface area contributed by atoms with Crippen LogP contribution < -0.4 is 10.2 Å². The van der Waals surface area contributed by atoms with E-state index in [-0.39, 0.29) is 18.3 Å². The van der Waals surface area contributed by atoms with Gasteiger partial charge in [0, 0.05) is 25.9 Å². The molecule has 0 unspecified atom stereocenters. The number of carbonyl (C=O) groups excluding carboxylic acids is 1. The van der Waals surface area contributed by atoms with Crippen LogP contribution in [-0.2, 0) is 9.53 Å². The van der Waals surface area contributed by atoms with Gasteiger partial charge in [-0.25, -0.2) is 0 Å². The Morgan fingerprint density at radius 1 is 1.25 bits per heavy atom. The molecular formula is C15H25ClN2O2. The summed E-state index contributed by atoms with van der Waals surface area (Å²) in [7, 11) is 1.65. The van der Waals surface area contributed by atoms with Crippen molar-refractivity contribution in [2.45, 2.75) is 20.8 Å². The number of hydrogen-bond donors (Lipinski definition) is 1. The maximum atomic E-state index is 12.2. The molecule has 20 heavy (non-hydrogen) atoms. The Morgan fingerprint density at radius 3 is 2.35 bits per heavy atom. The number of hydrogen-bond acceptors (Lipinski definition) is 3. The van der Waals surface area contributed by atoms with E-state index < -0.39 is 0 Å². The zero-order chi connectivity index (χ0) is 14.3. The highest BCUT2D eigenvalue weighted by Gasteiger charge is 2.13. The second-order valence-corrected chi connectivity index (χ2v) is 4.65. The SMILES string of the molecule is CCN(C(=O)CNCCOC)c1cc(C)cc(C)c1.Cl. The van der Waals surface area contributed by atoms with Crippen LogP contribution in [0.1, 0.15) is 18.1 Å². The first-order valence-electron chi connectivity index (χ1n) is 6.66. The van der Waals surface area contributed by atoms with Gasteiger partial charge < -0.3 is 15.0 Å². The minimum absolute atomic E-state index is 0. The van der Waals surface area contributed by atoms with E-state index in [1.165, 1.54) is 11.1 Å². The average Bonchev–Trinajstić information content (AvgIpc) is 2.34. The molecule has 0 aliphatic heterocycles. The van der Waals surface area contributed by atoms with Gasteiger partial charge in [0.2, 0.25) is 5.91 Å². The van der Waals surface area contributed by atoms with Gasteiger partial charge in [0.25, 0.3) is 0 Å². The summed E-state index contributed by atoms with van der Waals surface area (Å²) in [5.74, 6) is 0.0867. The van der Waals surface area contributed by atoms with Crippen LogP contribution in [0.25, 0.3) is 0 Å². The fourth-order valence-corrected chi connectivity index (χ4v) is 2.07. The number of carbonyl (C=O) groups is 1. The van der Waals surface area contributed by atoms with Crippen molar-refractivity contribution in [2.75, 3.05) is 38.3 Å². The Kier molecular flexibility index (Phi) is 9.21. The van der Waals surface area contributed by atoms with Gasteiger partial charge in [-0.15, -0.1) is 12.4 Å². The van der Waals surface area contributed by atoms with Gasteiger partial charge in [0.15, 0.2) is 0 Å². The molecule has 0 saturated carbocycles. The number of aryl methyl sites for hydroxylation is 2. The number of nitrogens with one attached hydrogen (secondary N) is 1. The lowest BCUT2D eigenvalue weighted by Gasteiger charge is -2.22. The molecule has 0 radical (unpaired) electrons. The highest BCUT2D eigenvalue weighted by Crippen LogP contribution is 2.18. The first kappa shape index (κ1) is 18.9. The Labute approximate surface area is 127 Å². The topological polar surface area (TPSA) is 41.6 Å². The third-order valence-corrected chi connectivity index (χ3v) is 2.89. The smallest absolute Gasteiger partial charge is 0.240 e. The molecular weight excluding hydrogens is 276 g/mol. The minimum Gasteiger partial charge on any atom is -0.383 e. The monoisotopic (exact) mass is 300 g/mol. The Morgan fingerprint density at radius 2 is 1.85 bits per heavy atom. The maximum absolute atomic E-state index is 12.2. The van der Waals surface area contributed by atoms with Crippen LogP contribution in [0.4, 0.5) is 5.69 Å². The van der Waals surface area contributed by atoms with E-state index in [9.17, 15) is 4.79 Å². The zero-order valence-electron chi connectivity index (χ0n) is 12.7. The number of likely N-dealkylation sites (N-methyl/N-ethyl adjacent to an activating group) is 1. The third kappa shape index (κ3) is 5.90. The Balaban J connectivity index is 0.00000361. The summed E-state index contributed by atoms with van der Waals surface area (Å²) >= 11 is 0. The molecule has 1 N–H and O–H groups in total. The van der Waals surface area contributed by atoms with Gasteiger partial charge in [-0.2, -0.15) is 0 Å². The molecule has 5 heteroatoms. The fraction of sp³-hybridized carbons (Fsp3) is 0.533. The molecule has 1 amide bonds. The van der Waals surface area contributed by atoms with Gasteiger partial charge in [0.1, 0.15) is 0 Å². The number of anilines is 1. The van der Waals surface area contributed by atoms with Crippen molar-refractivity contribution in [2.24, 2.45) is 0 Å². The number of halogens is 1. The molecule has 1 aromatic rings. The minimum atomic E-state index is 0. The second-order valence-electron chi connectivity index (χ2n) is 4.65. The van der Waals surface area contributed by atoms with E-state index in [1.807, 2.05) is 32.9 Å². The van der Waals surface area contributed by atoms with E-state index in [2.05, 4.69) is 11.4 Å². The molecule has 1 rings (SSSR count). The standard InChI is InChI=1S/C15H24N2O2.ClH/c1-5-17(15(18)11-16-6-7-19-4)14-9-12(2)8-13(3)10-14;/h8-10,16H,5-7,11H2,1-4H3;1H. The van der Waals surface area contributed by atoms with Crippen LogP contribution in [0.3, 0.4) is 0 Å². The molecule has 0 fully saturated rings. The molecule has 0 heterocycles. The van der Waals surface area contributed by atoms with Crippen molar-refractivity contribution in [3.8, 4) is 0 Å². The largest absolute Gasteiger partial charge is 0.383 e. The van der Waals surface area contributed by atoms with Gasteiger partial charge in [-0.1, -0.05) is 6.07 Å². The highest BCUT2D eigenvalue weighted by molar-refractivity contribution is 5.94. The van der Waals surface area contributed by atoms with Crippen molar-refractivity contribution in [3.63, 3.8) is 0 Å². The fourth-order valence-electron chi connectivity index (χ4n) is 2.07. The Hall–Kier alpha value is -1.10. The average molecular weight is 301 g/mol. The predicted molar refractivity (Wildman–Crippen MR) is 85.9 cm³/mol. The number of rotatable bonds is 7. The first-order valence-corrected chi connectivity index (χ1v) is 6.66. The van der Waals surface area contributed by atoms with Crippen molar-refractivity contribution in [1.29, 1.82) is 0 Å². The zero-order valence-corrected chi connectivity index (χ0v) is 13.5. The first-order chi connectivity index (χ1) is 9.08. The van der Waals surface area contributed by atoms with E-state index in [0.717, 1.165) is 5.69 Å². The molecule has 0 aromatic heterocycles. The summed E-state index contributed by atoms with van der Waals surface area (Å²) in [6.45, 7) is 8.40. The van der Waals surface area contributed by atoms with Gasteiger partial charge in [-0.05, 0) is 44.0 Å². The van der Waals surface area contributed by atoms with E-state index in [1.54, 1.807) is 12.0 Å². The molecule has 0 bridgehead atoms. The summed E-state index contributed by atoms with van der Waals surface area (Å²) in [5.41, 5.74) is 3.32. The lowest BCUT2D eigenvalue weighted by molar-refractivity contribution is -0.117. The lowest BCUT2D eigenvalue weighted by Crippen LogP contribution is -2.39. The van der Waals surface area contributed by atoms with E-state index in [4.69, 9.17) is 4.74 Å². The van der Waals surface area contributed by atoms with Gasteiger partial charge in [-0.3, -0.25) is 4.79 Å². The van der Waals surface area contributed by atoms with Crippen LogP contribution in [-0.4, -0.2) is 39.3 Å². The van der Waals surface area contributed by atoms with E-state index in [0.29, 0.717) is 26.2 Å². The van der Waals surface area contributed by atoms with Gasteiger partial charge >= 0.3 is 0 Å². The number of ether oxygens (including phenoxy) is 1. The summed E-state index contributed by atoms with van der Waals surface area (Å²) in [6.07, 6.45) is 0. The molecule has 0 atom stereocenters. The van der Waals surface area contributed by atoms with Crippen molar-refractivity contribution in [1.82, 2.24) is 5.32 Å². The summed E-state index contributed by atoms with van der Waals surface area (Å²) in [5, 5.41) is 3.08. The molecule has 4 nitrogen and oxygen atoms in total. The predicted octanol–water partition coefficient (Wildman–Crippen LogP) is 2.31. The summed E-state index contributed by atoms with van der Waals surface area (Å²) in [6, 6.07) is 6.20. The van der Waals surface area contributed by atoms with Gasteiger partial charge in [0.05, 0.1) is 13.2 Å². The molecule has 0 saturated heterocycles. The van der Waals surface area contributed by atoms with Crippen LogP contribution in [0, 0.1) is 13.8 Å². The molecule has 1 aromatic carbocycles. The highest BCUT2D eigenvalue weighted by atomic mass is 35.5. The third-order valence-electron chi connectivity index (χ3n) is 2.89. The van der Waals surface area contributed by atoms with Crippen LogP contribution in [0.2, 0.25) is 0 Å². The van der Waals surface area contributed by atoms with Crippen molar-refractivity contribution >= 4 is 24.0 Å². The number of nitrogens with zero attached hydrogens (tertiary/aromatic N) is 1. The van der Waals surface area contributed by atoms with Crippen molar-refractivity contribution in [3.05, 3.63) is 29.3 Å². The quantitative estimate of drug-likeness (QED) is 0.786. The Bertz CT molecular complexity index is 404. The van der Waals surface area contributed by atoms with E-state index >= 15 is 0 Å². The number of methoxy groups -OCH3 is 1. The normalized spacial score (nSPS) is 10.0. The molecule has 0 spiro atoms. The lowest BCUT2D eigenvalue weighted by atomic mass is 10.1. The van der Waals surface area contributed by atoms with Crippen LogP contribution in [0.15, 0.2) is 18.2 Å². The second kappa shape index (κ2) is 9.75. The molecule has 114 valence electrons. The summed E-state index contributed by atoms with van der Waals surface area (Å²) < 4.78 is 4.94. The van der Waals surface area contributed by atoms with Crippen LogP contribution >= 0.6 is 12.4 Å².